The van der Waals surface area contributed by atoms with Crippen molar-refractivity contribution in [2.45, 2.75) is 46.1 Å². The summed E-state index contributed by atoms with van der Waals surface area (Å²) in [5, 5.41) is 0. The summed E-state index contributed by atoms with van der Waals surface area (Å²) >= 11 is 0. The molecule has 5 atom stereocenters. The van der Waals surface area contributed by atoms with Crippen molar-refractivity contribution in [3.63, 3.8) is 0 Å². The summed E-state index contributed by atoms with van der Waals surface area (Å²) in [5.41, 5.74) is 2.27. The summed E-state index contributed by atoms with van der Waals surface area (Å²) in [6, 6.07) is 0. The molecule has 0 bridgehead atoms. The van der Waals surface area contributed by atoms with E-state index in [1.165, 1.54) is 0 Å². The van der Waals surface area contributed by atoms with Crippen LogP contribution in [0.3, 0.4) is 0 Å². The third kappa shape index (κ3) is 1.72. The fourth-order valence-corrected chi connectivity index (χ4v) is 5.19. The van der Waals surface area contributed by atoms with Crippen LogP contribution >= 0.6 is 0 Å². The predicted octanol–water partition coefficient (Wildman–Crippen LogP) is 3.54. The number of hydrogen-bond acceptors (Lipinski definition) is 4. The second-order valence-corrected chi connectivity index (χ2v) is 7.65. The molecular weight excluding hydrogens is 292 g/mol. The molecule has 4 heteroatoms. The zero-order valence-corrected chi connectivity index (χ0v) is 13.8. The molecule has 23 heavy (non-hydrogen) atoms. The average molecular weight is 314 g/mol. The van der Waals surface area contributed by atoms with Crippen LogP contribution in [0.15, 0.2) is 22.8 Å². The topological polar surface area (TPSA) is 56.5 Å². The van der Waals surface area contributed by atoms with Crippen LogP contribution in [0.25, 0.3) is 0 Å². The highest BCUT2D eigenvalue weighted by Crippen LogP contribution is 2.65. The summed E-state index contributed by atoms with van der Waals surface area (Å²) in [6.07, 6.45) is 3.95. The van der Waals surface area contributed by atoms with Gasteiger partial charge in [0.1, 0.15) is 11.9 Å². The van der Waals surface area contributed by atoms with Crippen LogP contribution in [-0.4, -0.2) is 11.8 Å². The van der Waals surface area contributed by atoms with Gasteiger partial charge in [-0.15, -0.1) is 0 Å². The lowest BCUT2D eigenvalue weighted by Gasteiger charge is -2.48. The van der Waals surface area contributed by atoms with Crippen molar-refractivity contribution in [3.8, 4) is 0 Å². The number of rotatable bonds is 2. The number of aryl methyl sites for hydroxylation is 1. The van der Waals surface area contributed by atoms with Crippen molar-refractivity contribution < 1.29 is 18.7 Å². The molecule has 2 heterocycles. The predicted molar refractivity (Wildman–Crippen MR) is 83.6 cm³/mol. The lowest BCUT2D eigenvalue weighted by atomic mass is 9.51. The van der Waals surface area contributed by atoms with Gasteiger partial charge in [0.2, 0.25) is 0 Å². The molecule has 0 N–H and O–H groups in total. The van der Waals surface area contributed by atoms with Crippen molar-refractivity contribution in [2.24, 2.45) is 23.2 Å². The third-order valence-corrected chi connectivity index (χ3v) is 6.39. The molecule has 0 amide bonds. The van der Waals surface area contributed by atoms with Gasteiger partial charge in [0, 0.05) is 23.3 Å². The number of ketones is 1. The molecule has 122 valence electrons. The number of furan rings is 1. The standard InChI is InChI=1S/C19H22O4/c1-9(2)16(20)12-6-5-11-7-13-14(10(3)8-22-13)17-19(11,4)15(12)18(21)23-17/h8,11-12,15,17H,1,5-7H2,2-4H3/t11-,12+,15-,17+,19+/m1/s1. The van der Waals surface area contributed by atoms with Gasteiger partial charge in [0.25, 0.3) is 0 Å². The number of carbonyl (C=O) groups excluding carboxylic acids is 2. The number of ether oxygens (including phenoxy) is 1. The maximum absolute atomic E-state index is 12.7. The van der Waals surface area contributed by atoms with E-state index in [2.05, 4.69) is 13.5 Å². The van der Waals surface area contributed by atoms with Gasteiger partial charge < -0.3 is 9.15 Å². The Morgan fingerprint density at radius 2 is 2.13 bits per heavy atom. The molecule has 1 saturated carbocycles. The maximum Gasteiger partial charge on any atom is 0.311 e. The number of allylic oxidation sites excluding steroid dienone is 1. The van der Waals surface area contributed by atoms with E-state index in [0.29, 0.717) is 11.5 Å². The number of fused-ring (bicyclic) bond motifs is 2. The van der Waals surface area contributed by atoms with E-state index in [0.717, 1.165) is 36.1 Å². The molecule has 1 saturated heterocycles. The van der Waals surface area contributed by atoms with Crippen LogP contribution in [0.2, 0.25) is 0 Å². The minimum atomic E-state index is -0.363. The second-order valence-electron chi connectivity index (χ2n) is 7.65. The number of Topliss-reactive ketones (excluding diaryl/α,β-unsaturated/α-hetero) is 1. The molecule has 2 fully saturated rings. The Kier molecular flexibility index (Phi) is 2.94. The lowest BCUT2D eigenvalue weighted by molar-refractivity contribution is -0.147. The van der Waals surface area contributed by atoms with E-state index in [1.807, 2.05) is 6.92 Å². The van der Waals surface area contributed by atoms with E-state index in [-0.39, 0.29) is 35.1 Å². The van der Waals surface area contributed by atoms with Crippen molar-refractivity contribution in [1.82, 2.24) is 0 Å². The first-order valence-corrected chi connectivity index (χ1v) is 8.32. The van der Waals surface area contributed by atoms with Crippen molar-refractivity contribution in [3.05, 3.63) is 35.3 Å². The normalized spacial score (nSPS) is 37.8. The Bertz CT molecular complexity index is 728. The molecule has 0 spiro atoms. The fraction of sp³-hybridized carbons (Fsp3) is 0.579. The van der Waals surface area contributed by atoms with E-state index >= 15 is 0 Å². The zero-order chi connectivity index (χ0) is 16.5. The van der Waals surface area contributed by atoms with Gasteiger partial charge in [0.05, 0.1) is 12.2 Å². The Hall–Kier alpha value is -1.84. The van der Waals surface area contributed by atoms with Crippen LogP contribution < -0.4 is 0 Å². The maximum atomic E-state index is 12.7. The van der Waals surface area contributed by atoms with Crippen LogP contribution in [0.5, 0.6) is 0 Å². The van der Waals surface area contributed by atoms with E-state index in [4.69, 9.17) is 9.15 Å². The molecule has 1 aromatic rings. The van der Waals surface area contributed by atoms with Gasteiger partial charge in [-0.1, -0.05) is 13.5 Å². The minimum absolute atomic E-state index is 0.0157. The number of carbonyl (C=O) groups is 2. The fourth-order valence-electron chi connectivity index (χ4n) is 5.19. The smallest absolute Gasteiger partial charge is 0.311 e. The molecule has 0 radical (unpaired) electrons. The van der Waals surface area contributed by atoms with Crippen LogP contribution in [0, 0.1) is 30.1 Å². The van der Waals surface area contributed by atoms with E-state index in [9.17, 15) is 9.59 Å². The summed E-state index contributed by atoms with van der Waals surface area (Å²) in [6.45, 7) is 9.64. The molecule has 4 rings (SSSR count). The van der Waals surface area contributed by atoms with Gasteiger partial charge in [-0.3, -0.25) is 9.59 Å². The first-order valence-electron chi connectivity index (χ1n) is 8.32. The first kappa shape index (κ1) is 14.7. The van der Waals surface area contributed by atoms with Gasteiger partial charge >= 0.3 is 5.97 Å². The Morgan fingerprint density at radius 3 is 2.83 bits per heavy atom. The molecule has 0 unspecified atom stereocenters. The van der Waals surface area contributed by atoms with Gasteiger partial charge in [0.15, 0.2) is 5.78 Å². The third-order valence-electron chi connectivity index (χ3n) is 6.39. The monoisotopic (exact) mass is 314 g/mol. The first-order chi connectivity index (χ1) is 10.9. The van der Waals surface area contributed by atoms with Gasteiger partial charge in [-0.05, 0) is 43.7 Å². The minimum Gasteiger partial charge on any atom is -0.469 e. The van der Waals surface area contributed by atoms with Gasteiger partial charge in [-0.2, -0.15) is 0 Å². The van der Waals surface area contributed by atoms with Crippen LogP contribution in [-0.2, 0) is 20.7 Å². The molecule has 2 aliphatic carbocycles. The Labute approximate surface area is 135 Å². The summed E-state index contributed by atoms with van der Waals surface area (Å²) in [5.74, 6) is 0.402. The highest BCUT2D eigenvalue weighted by molar-refractivity contribution is 5.99. The van der Waals surface area contributed by atoms with Crippen molar-refractivity contribution in [2.75, 3.05) is 0 Å². The zero-order valence-electron chi connectivity index (χ0n) is 13.8. The molecular formula is C19H22O4. The second kappa shape index (κ2) is 4.59. The number of hydrogen-bond donors (Lipinski definition) is 0. The van der Waals surface area contributed by atoms with E-state index in [1.54, 1.807) is 13.2 Å². The summed E-state index contributed by atoms with van der Waals surface area (Å²) in [7, 11) is 0. The molecule has 1 aromatic heterocycles. The lowest BCUT2D eigenvalue weighted by Crippen LogP contribution is -2.49. The number of esters is 1. The molecule has 0 aromatic carbocycles. The van der Waals surface area contributed by atoms with Crippen molar-refractivity contribution >= 4 is 11.8 Å². The van der Waals surface area contributed by atoms with Crippen LogP contribution in [0.4, 0.5) is 0 Å². The Balaban J connectivity index is 1.84. The molecule has 4 nitrogen and oxygen atoms in total. The molecule has 3 aliphatic rings. The molecule has 1 aliphatic heterocycles. The van der Waals surface area contributed by atoms with Gasteiger partial charge in [-0.25, -0.2) is 0 Å². The van der Waals surface area contributed by atoms with Crippen LogP contribution in [0.1, 0.15) is 49.7 Å². The quantitative estimate of drug-likeness (QED) is 0.619. The SMILES string of the molecule is C=C(C)C(=O)[C@H]1CC[C@@H]2Cc3occ(C)c3[C@@H]3OC(=O)[C@@H]1[C@]23C. The Morgan fingerprint density at radius 1 is 1.39 bits per heavy atom. The highest BCUT2D eigenvalue weighted by atomic mass is 16.6. The van der Waals surface area contributed by atoms with Crippen molar-refractivity contribution in [1.29, 1.82) is 0 Å². The highest BCUT2D eigenvalue weighted by Gasteiger charge is 2.66. The average Bonchev–Trinajstić information content (AvgIpc) is 2.98. The summed E-state index contributed by atoms with van der Waals surface area (Å²) < 4.78 is 11.5. The summed E-state index contributed by atoms with van der Waals surface area (Å²) in [4.78, 5) is 25.3. The van der Waals surface area contributed by atoms with E-state index < -0.39 is 0 Å². The largest absolute Gasteiger partial charge is 0.469 e.